The summed E-state index contributed by atoms with van der Waals surface area (Å²) in [7, 11) is 0. The van der Waals surface area contributed by atoms with Gasteiger partial charge in [-0.1, -0.05) is 36.4 Å². The van der Waals surface area contributed by atoms with Crippen LogP contribution in [0.15, 0.2) is 35.5 Å². The highest BCUT2D eigenvalue weighted by Gasteiger charge is 2.24. The van der Waals surface area contributed by atoms with E-state index in [4.69, 9.17) is 4.74 Å². The number of nitrogens with zero attached hydrogens (tertiary/aromatic N) is 5. The van der Waals surface area contributed by atoms with E-state index in [1.165, 1.54) is 23.1 Å². The molecule has 0 atom stereocenters. The monoisotopic (exact) mass is 494 g/mol. The highest BCUT2D eigenvalue weighted by atomic mass is 32.2. The lowest BCUT2D eigenvalue weighted by Gasteiger charge is -2.27. The first-order valence-electron chi connectivity index (χ1n) is 11.6. The summed E-state index contributed by atoms with van der Waals surface area (Å²) in [6, 6.07) is 12.3. The van der Waals surface area contributed by atoms with Crippen molar-refractivity contribution in [2.45, 2.75) is 37.3 Å². The van der Waals surface area contributed by atoms with Gasteiger partial charge >= 0.3 is 0 Å². The number of aryl methyl sites for hydroxylation is 1. The van der Waals surface area contributed by atoms with E-state index in [-0.39, 0.29) is 11.7 Å². The number of carbonyl (C=O) groups is 1. The Bertz CT molecular complexity index is 1190. The number of thioether (sulfide) groups is 1. The standard InChI is InChI=1S/C24H26N6O2S2/c25-15-19-18-9-5-2-6-10-20(18)34-22(19)26-21(31)16-33-24-28-27-23(29-11-13-32-14-12-29)30(24)17-7-3-1-4-8-17/h1,3-4,7-8H,2,5-6,9-14,16H2,(H,26,31). The molecule has 0 spiro atoms. The van der Waals surface area contributed by atoms with Gasteiger partial charge in [-0.25, -0.2) is 0 Å². The van der Waals surface area contributed by atoms with Crippen molar-refractivity contribution < 1.29 is 9.53 Å². The minimum Gasteiger partial charge on any atom is -0.378 e. The van der Waals surface area contributed by atoms with E-state index in [2.05, 4.69) is 26.5 Å². The summed E-state index contributed by atoms with van der Waals surface area (Å²) >= 11 is 2.90. The number of carbonyl (C=O) groups excluding carboxylic acids is 1. The number of nitriles is 1. The Labute approximate surface area is 206 Å². The van der Waals surface area contributed by atoms with Crippen molar-refractivity contribution >= 4 is 40.0 Å². The molecule has 1 aromatic carbocycles. The van der Waals surface area contributed by atoms with Gasteiger partial charge in [-0.2, -0.15) is 5.26 Å². The fourth-order valence-corrected chi connectivity index (χ4v) is 6.37. The summed E-state index contributed by atoms with van der Waals surface area (Å²) in [6.45, 7) is 2.79. The minimum atomic E-state index is -0.145. The first kappa shape index (κ1) is 22.9. The Morgan fingerprint density at radius 1 is 1.15 bits per heavy atom. The number of amides is 1. The molecule has 1 aliphatic carbocycles. The van der Waals surface area contributed by atoms with E-state index in [1.807, 2.05) is 34.9 Å². The van der Waals surface area contributed by atoms with Gasteiger partial charge in [-0.05, 0) is 43.4 Å². The van der Waals surface area contributed by atoms with Crippen molar-refractivity contribution in [2.24, 2.45) is 0 Å². The summed E-state index contributed by atoms with van der Waals surface area (Å²) in [6.07, 6.45) is 5.34. The molecule has 10 heteroatoms. The lowest BCUT2D eigenvalue weighted by molar-refractivity contribution is -0.113. The van der Waals surface area contributed by atoms with Crippen molar-refractivity contribution in [3.63, 3.8) is 0 Å². The summed E-state index contributed by atoms with van der Waals surface area (Å²) in [4.78, 5) is 16.3. The Morgan fingerprint density at radius 3 is 2.74 bits per heavy atom. The second kappa shape index (κ2) is 10.6. The molecular formula is C24H26N6O2S2. The molecule has 1 N–H and O–H groups in total. The number of para-hydroxylation sites is 1. The number of fused-ring (bicyclic) bond motifs is 1. The second-order valence-electron chi connectivity index (χ2n) is 8.27. The number of ether oxygens (including phenoxy) is 1. The fourth-order valence-electron chi connectivity index (χ4n) is 4.37. The largest absolute Gasteiger partial charge is 0.378 e. The molecule has 2 aromatic heterocycles. The number of nitrogens with one attached hydrogen (secondary N) is 1. The number of aromatic nitrogens is 3. The van der Waals surface area contributed by atoms with E-state index in [1.54, 1.807) is 11.3 Å². The Balaban J connectivity index is 1.33. The number of hydrogen-bond acceptors (Lipinski definition) is 8. The lowest BCUT2D eigenvalue weighted by Crippen LogP contribution is -2.37. The van der Waals surface area contributed by atoms with Crippen molar-refractivity contribution in [3.05, 3.63) is 46.3 Å². The maximum absolute atomic E-state index is 12.9. The molecule has 3 aromatic rings. The van der Waals surface area contributed by atoms with E-state index < -0.39 is 0 Å². The fraction of sp³-hybridized carbons (Fsp3) is 0.417. The van der Waals surface area contributed by atoms with Gasteiger partial charge < -0.3 is 15.0 Å². The molecule has 0 unspecified atom stereocenters. The third kappa shape index (κ3) is 4.82. The molecule has 176 valence electrons. The van der Waals surface area contributed by atoms with Crippen LogP contribution in [0.5, 0.6) is 0 Å². The predicted octanol–water partition coefficient (Wildman–Crippen LogP) is 4.04. The molecule has 0 saturated carbocycles. The molecule has 1 fully saturated rings. The van der Waals surface area contributed by atoms with Crippen molar-refractivity contribution in [2.75, 3.05) is 42.3 Å². The molecule has 8 nitrogen and oxygen atoms in total. The minimum absolute atomic E-state index is 0.145. The number of hydrogen-bond donors (Lipinski definition) is 1. The van der Waals surface area contributed by atoms with Gasteiger partial charge in [0.1, 0.15) is 11.1 Å². The Hall–Kier alpha value is -2.87. The average molecular weight is 495 g/mol. The second-order valence-corrected chi connectivity index (χ2v) is 10.3. The number of thiophene rings is 1. The average Bonchev–Trinajstić information content (AvgIpc) is 3.36. The molecule has 1 aliphatic heterocycles. The van der Waals surface area contributed by atoms with Crippen molar-refractivity contribution in [3.8, 4) is 11.8 Å². The summed E-state index contributed by atoms with van der Waals surface area (Å²) in [5, 5.41) is 22.9. The van der Waals surface area contributed by atoms with Crippen LogP contribution in [0.25, 0.3) is 5.69 Å². The van der Waals surface area contributed by atoms with Gasteiger partial charge in [0.2, 0.25) is 11.9 Å². The number of benzene rings is 1. The zero-order chi connectivity index (χ0) is 23.3. The molecular weight excluding hydrogens is 468 g/mol. The van der Waals surface area contributed by atoms with Crippen LogP contribution in [0.2, 0.25) is 0 Å². The summed E-state index contributed by atoms with van der Waals surface area (Å²) in [5.41, 5.74) is 2.72. The molecule has 0 bridgehead atoms. The molecule has 34 heavy (non-hydrogen) atoms. The van der Waals surface area contributed by atoms with Crippen LogP contribution in [-0.2, 0) is 22.4 Å². The molecule has 0 radical (unpaired) electrons. The zero-order valence-electron chi connectivity index (χ0n) is 18.8. The first-order chi connectivity index (χ1) is 16.7. The van der Waals surface area contributed by atoms with E-state index in [0.717, 1.165) is 56.0 Å². The van der Waals surface area contributed by atoms with Crippen LogP contribution in [0.4, 0.5) is 10.9 Å². The van der Waals surface area contributed by atoms with Gasteiger partial charge in [-0.3, -0.25) is 9.36 Å². The van der Waals surface area contributed by atoms with Crippen LogP contribution in [0.3, 0.4) is 0 Å². The number of anilines is 2. The van der Waals surface area contributed by atoms with Crippen LogP contribution < -0.4 is 10.2 Å². The van der Waals surface area contributed by atoms with E-state index >= 15 is 0 Å². The third-order valence-corrected chi connectivity index (χ3v) is 8.18. The number of morpholine rings is 1. The highest BCUT2D eigenvalue weighted by Crippen LogP contribution is 2.37. The van der Waals surface area contributed by atoms with Crippen LogP contribution >= 0.6 is 23.1 Å². The molecule has 1 saturated heterocycles. The van der Waals surface area contributed by atoms with Gasteiger partial charge in [0.15, 0.2) is 5.16 Å². The molecule has 2 aliphatic rings. The van der Waals surface area contributed by atoms with Gasteiger partial charge in [0, 0.05) is 18.0 Å². The molecule has 1 amide bonds. The van der Waals surface area contributed by atoms with E-state index in [9.17, 15) is 10.1 Å². The maximum Gasteiger partial charge on any atom is 0.235 e. The quantitative estimate of drug-likeness (QED) is 0.408. The highest BCUT2D eigenvalue weighted by molar-refractivity contribution is 7.99. The predicted molar refractivity (Wildman–Crippen MR) is 134 cm³/mol. The van der Waals surface area contributed by atoms with Crippen LogP contribution in [-0.4, -0.2) is 52.7 Å². The van der Waals surface area contributed by atoms with Crippen molar-refractivity contribution in [1.82, 2.24) is 14.8 Å². The van der Waals surface area contributed by atoms with Gasteiger partial charge in [0.05, 0.1) is 30.2 Å². The Kier molecular flexibility index (Phi) is 7.13. The summed E-state index contributed by atoms with van der Waals surface area (Å²) < 4.78 is 7.48. The van der Waals surface area contributed by atoms with Crippen LogP contribution in [0, 0.1) is 11.3 Å². The normalized spacial score (nSPS) is 15.9. The van der Waals surface area contributed by atoms with Crippen LogP contribution in [0.1, 0.15) is 35.3 Å². The Morgan fingerprint density at radius 2 is 1.94 bits per heavy atom. The topological polar surface area (TPSA) is 96.1 Å². The van der Waals surface area contributed by atoms with Gasteiger partial charge in [-0.15, -0.1) is 21.5 Å². The summed E-state index contributed by atoms with van der Waals surface area (Å²) in [5.74, 6) is 0.793. The van der Waals surface area contributed by atoms with Crippen molar-refractivity contribution in [1.29, 1.82) is 5.26 Å². The molecule has 5 rings (SSSR count). The SMILES string of the molecule is N#Cc1c(NC(=O)CSc2nnc(N3CCOCC3)n2-c2ccccc2)sc2c1CCCCC2. The zero-order valence-corrected chi connectivity index (χ0v) is 20.5. The third-order valence-electron chi connectivity index (χ3n) is 6.04. The lowest BCUT2D eigenvalue weighted by atomic mass is 10.1. The smallest absolute Gasteiger partial charge is 0.235 e. The van der Waals surface area contributed by atoms with Gasteiger partial charge in [0.25, 0.3) is 0 Å². The number of rotatable bonds is 6. The molecule has 3 heterocycles. The first-order valence-corrected chi connectivity index (χ1v) is 13.4. The van der Waals surface area contributed by atoms with E-state index in [0.29, 0.717) is 28.9 Å². The maximum atomic E-state index is 12.9.